The van der Waals surface area contributed by atoms with Crippen molar-refractivity contribution in [3.8, 4) is 0 Å². The Morgan fingerprint density at radius 2 is 1.97 bits per heavy atom. The maximum Gasteiger partial charge on any atom is 0.276 e. The number of nitrogens with zero attached hydrogens (tertiary/aromatic N) is 7. The Labute approximate surface area is 164 Å². The van der Waals surface area contributed by atoms with Crippen LogP contribution in [0.15, 0.2) is 35.5 Å². The average molecular weight is 403 g/mol. The normalized spacial score (nSPS) is 14.8. The van der Waals surface area contributed by atoms with Gasteiger partial charge in [-0.1, -0.05) is 5.21 Å². The fourth-order valence-electron chi connectivity index (χ4n) is 3.40. The standard InChI is InChI=1S/C18H19F2N7O2/c1-24-9-15(22-23-24)18(29)26-6-4-25(5-7-26)12-2-3-13-14(8-12)21-11-27(17(13)28)10-16(19)20/h2-3,8-9,11,16H,4-7,10H2,1H3. The number of piperazine rings is 1. The van der Waals surface area contributed by atoms with Gasteiger partial charge in [0.15, 0.2) is 5.69 Å². The summed E-state index contributed by atoms with van der Waals surface area (Å²) >= 11 is 0. The Kier molecular flexibility index (Phi) is 4.95. The van der Waals surface area contributed by atoms with Gasteiger partial charge in [0.05, 0.1) is 30.0 Å². The van der Waals surface area contributed by atoms with E-state index in [2.05, 4.69) is 20.2 Å². The molecular formula is C18H19F2N7O2. The highest BCUT2D eigenvalue weighted by Crippen LogP contribution is 2.21. The molecule has 1 amide bonds. The molecule has 2 aromatic heterocycles. The lowest BCUT2D eigenvalue weighted by molar-refractivity contribution is 0.0740. The number of halogens is 2. The first kappa shape index (κ1) is 19.0. The van der Waals surface area contributed by atoms with Crippen LogP contribution in [0.25, 0.3) is 10.9 Å². The third-order valence-corrected chi connectivity index (χ3v) is 4.90. The molecule has 0 atom stereocenters. The predicted octanol–water partition coefficient (Wildman–Crippen LogP) is 0.752. The summed E-state index contributed by atoms with van der Waals surface area (Å²) in [5.74, 6) is -0.155. The number of fused-ring (bicyclic) bond motifs is 1. The summed E-state index contributed by atoms with van der Waals surface area (Å²) in [7, 11) is 1.71. The average Bonchev–Trinajstić information content (AvgIpc) is 3.15. The first-order chi connectivity index (χ1) is 13.9. The maximum absolute atomic E-state index is 12.6. The van der Waals surface area contributed by atoms with E-state index in [1.54, 1.807) is 36.3 Å². The number of alkyl halides is 2. The highest BCUT2D eigenvalue weighted by Gasteiger charge is 2.24. The van der Waals surface area contributed by atoms with E-state index in [1.807, 2.05) is 0 Å². The van der Waals surface area contributed by atoms with Crippen molar-refractivity contribution >= 4 is 22.5 Å². The topological polar surface area (TPSA) is 89.2 Å². The zero-order valence-corrected chi connectivity index (χ0v) is 15.7. The van der Waals surface area contributed by atoms with Crippen LogP contribution in [0.4, 0.5) is 14.5 Å². The number of amides is 1. The number of carbonyl (C=O) groups is 1. The van der Waals surface area contributed by atoms with Crippen LogP contribution in [0.3, 0.4) is 0 Å². The molecule has 0 spiro atoms. The number of aryl methyl sites for hydroxylation is 1. The lowest BCUT2D eigenvalue weighted by Gasteiger charge is -2.35. The molecular weight excluding hydrogens is 384 g/mol. The summed E-state index contributed by atoms with van der Waals surface area (Å²) in [6.07, 6.45) is 0.120. The largest absolute Gasteiger partial charge is 0.368 e. The van der Waals surface area contributed by atoms with E-state index in [9.17, 15) is 18.4 Å². The third-order valence-electron chi connectivity index (χ3n) is 4.90. The van der Waals surface area contributed by atoms with Gasteiger partial charge >= 0.3 is 0 Å². The number of hydrogen-bond acceptors (Lipinski definition) is 6. The third kappa shape index (κ3) is 3.80. The van der Waals surface area contributed by atoms with Crippen molar-refractivity contribution in [2.45, 2.75) is 13.0 Å². The molecule has 1 aromatic carbocycles. The molecule has 1 aliphatic heterocycles. The van der Waals surface area contributed by atoms with Gasteiger partial charge in [0.25, 0.3) is 17.9 Å². The minimum absolute atomic E-state index is 0.155. The van der Waals surface area contributed by atoms with E-state index in [4.69, 9.17) is 0 Å². The van der Waals surface area contributed by atoms with Crippen molar-refractivity contribution < 1.29 is 13.6 Å². The van der Waals surface area contributed by atoms with Crippen LogP contribution in [0.5, 0.6) is 0 Å². The molecule has 152 valence electrons. The lowest BCUT2D eigenvalue weighted by Crippen LogP contribution is -2.48. The molecule has 0 unspecified atom stereocenters. The Morgan fingerprint density at radius 1 is 1.21 bits per heavy atom. The summed E-state index contributed by atoms with van der Waals surface area (Å²) in [6, 6.07) is 5.15. The van der Waals surface area contributed by atoms with Crippen LogP contribution in [0, 0.1) is 0 Å². The molecule has 11 heteroatoms. The van der Waals surface area contributed by atoms with Crippen molar-refractivity contribution in [2.75, 3.05) is 31.1 Å². The smallest absolute Gasteiger partial charge is 0.276 e. The molecule has 9 nitrogen and oxygen atoms in total. The Morgan fingerprint density at radius 3 is 2.62 bits per heavy atom. The van der Waals surface area contributed by atoms with Crippen molar-refractivity contribution in [1.29, 1.82) is 0 Å². The van der Waals surface area contributed by atoms with Gasteiger partial charge in [-0.15, -0.1) is 5.10 Å². The molecule has 1 fully saturated rings. The van der Waals surface area contributed by atoms with E-state index in [-0.39, 0.29) is 5.91 Å². The second kappa shape index (κ2) is 7.57. The fourth-order valence-corrected chi connectivity index (χ4v) is 3.40. The minimum Gasteiger partial charge on any atom is -0.368 e. The van der Waals surface area contributed by atoms with Gasteiger partial charge in [-0.3, -0.25) is 18.8 Å². The zero-order chi connectivity index (χ0) is 20.5. The monoisotopic (exact) mass is 403 g/mol. The van der Waals surface area contributed by atoms with Gasteiger partial charge < -0.3 is 9.80 Å². The van der Waals surface area contributed by atoms with Gasteiger partial charge in [0, 0.05) is 38.9 Å². The molecule has 3 aromatic rings. The molecule has 4 rings (SSSR count). The van der Waals surface area contributed by atoms with Gasteiger partial charge in [0.1, 0.15) is 0 Å². The summed E-state index contributed by atoms with van der Waals surface area (Å²) in [5.41, 5.74) is 1.15. The molecule has 1 aliphatic rings. The quantitative estimate of drug-likeness (QED) is 0.639. The zero-order valence-electron chi connectivity index (χ0n) is 15.7. The van der Waals surface area contributed by atoms with Gasteiger partial charge in [-0.25, -0.2) is 13.8 Å². The van der Waals surface area contributed by atoms with Crippen molar-refractivity contribution in [2.24, 2.45) is 7.05 Å². The molecule has 0 bridgehead atoms. The summed E-state index contributed by atoms with van der Waals surface area (Å²) in [4.78, 5) is 32.8. The Bertz CT molecular complexity index is 1100. The van der Waals surface area contributed by atoms with Crippen molar-refractivity contribution in [3.05, 3.63) is 46.8 Å². The number of rotatable bonds is 4. The summed E-state index contributed by atoms with van der Waals surface area (Å²) in [5, 5.41) is 7.94. The lowest BCUT2D eigenvalue weighted by atomic mass is 10.2. The van der Waals surface area contributed by atoms with Crippen molar-refractivity contribution in [1.82, 2.24) is 29.4 Å². The second-order valence-corrected chi connectivity index (χ2v) is 6.85. The van der Waals surface area contributed by atoms with Crippen LogP contribution < -0.4 is 10.5 Å². The van der Waals surface area contributed by atoms with E-state index in [0.717, 1.165) is 16.6 Å². The van der Waals surface area contributed by atoms with Crippen molar-refractivity contribution in [3.63, 3.8) is 0 Å². The minimum atomic E-state index is -2.62. The molecule has 1 saturated heterocycles. The number of hydrogen-bond donors (Lipinski definition) is 0. The number of carbonyl (C=O) groups excluding carboxylic acids is 1. The SMILES string of the molecule is Cn1cc(C(=O)N2CCN(c3ccc4c(=O)n(CC(F)F)cnc4c3)CC2)nn1. The van der Waals surface area contributed by atoms with E-state index >= 15 is 0 Å². The van der Waals surface area contributed by atoms with Gasteiger partial charge in [-0.05, 0) is 18.2 Å². The van der Waals surface area contributed by atoms with Gasteiger partial charge in [-0.2, -0.15) is 0 Å². The first-order valence-corrected chi connectivity index (χ1v) is 9.10. The molecule has 3 heterocycles. The van der Waals surface area contributed by atoms with Gasteiger partial charge in [0.2, 0.25) is 0 Å². The van der Waals surface area contributed by atoms with Crippen LogP contribution in [0.1, 0.15) is 10.5 Å². The Hall–Kier alpha value is -3.37. The van der Waals surface area contributed by atoms with E-state index in [0.29, 0.717) is 42.8 Å². The van der Waals surface area contributed by atoms with Crippen LogP contribution in [0.2, 0.25) is 0 Å². The molecule has 29 heavy (non-hydrogen) atoms. The molecule has 0 saturated carbocycles. The summed E-state index contributed by atoms with van der Waals surface area (Å²) < 4.78 is 27.6. The number of aromatic nitrogens is 5. The maximum atomic E-state index is 12.6. The predicted molar refractivity (Wildman–Crippen MR) is 101 cm³/mol. The summed E-state index contributed by atoms with van der Waals surface area (Å²) in [6.45, 7) is 1.60. The number of anilines is 1. The Balaban J connectivity index is 1.48. The van der Waals surface area contributed by atoms with Crippen LogP contribution in [-0.2, 0) is 13.6 Å². The van der Waals surface area contributed by atoms with E-state index < -0.39 is 18.5 Å². The molecule has 0 aliphatic carbocycles. The highest BCUT2D eigenvalue weighted by molar-refractivity contribution is 5.92. The van der Waals surface area contributed by atoms with Crippen LogP contribution >= 0.6 is 0 Å². The van der Waals surface area contributed by atoms with Crippen LogP contribution in [-0.4, -0.2) is 68.0 Å². The second-order valence-electron chi connectivity index (χ2n) is 6.85. The highest BCUT2D eigenvalue weighted by atomic mass is 19.3. The fraction of sp³-hybridized carbons (Fsp3) is 0.389. The molecule has 0 N–H and O–H groups in total. The van der Waals surface area contributed by atoms with E-state index in [1.165, 1.54) is 4.68 Å². The number of benzene rings is 1. The molecule has 0 radical (unpaired) electrons. The first-order valence-electron chi connectivity index (χ1n) is 9.10.